The minimum atomic E-state index is -4.47. The number of rotatable bonds is 2. The zero-order valence-corrected chi connectivity index (χ0v) is 9.16. The van der Waals surface area contributed by atoms with E-state index in [1.807, 2.05) is 0 Å². The summed E-state index contributed by atoms with van der Waals surface area (Å²) in [5, 5.41) is 9.67. The summed E-state index contributed by atoms with van der Waals surface area (Å²) in [5.41, 5.74) is -0.648. The Bertz CT molecular complexity index is 603. The number of hydrogen-bond donors (Lipinski definition) is 1. The number of alkyl halides is 3. The molecule has 2 rings (SSSR count). The molecule has 18 heavy (non-hydrogen) atoms. The van der Waals surface area contributed by atoms with Crippen LogP contribution in [0.2, 0.25) is 0 Å². The molecule has 0 saturated heterocycles. The SMILES string of the molecule is O=C(O)Cc1cc(C(F)(F)F)cc2ccccc12. The van der Waals surface area contributed by atoms with Gasteiger partial charge in [-0.1, -0.05) is 24.3 Å². The van der Waals surface area contributed by atoms with E-state index in [1.165, 1.54) is 6.07 Å². The van der Waals surface area contributed by atoms with E-state index in [4.69, 9.17) is 5.11 Å². The Morgan fingerprint density at radius 2 is 1.83 bits per heavy atom. The van der Waals surface area contributed by atoms with Gasteiger partial charge in [-0.25, -0.2) is 0 Å². The number of hydrogen-bond acceptors (Lipinski definition) is 1. The molecule has 0 aliphatic heterocycles. The molecule has 0 unspecified atom stereocenters. The Kier molecular flexibility index (Phi) is 2.98. The van der Waals surface area contributed by atoms with E-state index in [1.54, 1.807) is 18.2 Å². The van der Waals surface area contributed by atoms with Crippen LogP contribution in [0.25, 0.3) is 10.8 Å². The average molecular weight is 254 g/mol. The van der Waals surface area contributed by atoms with Crippen molar-refractivity contribution in [2.45, 2.75) is 12.6 Å². The van der Waals surface area contributed by atoms with Crippen molar-refractivity contribution in [3.8, 4) is 0 Å². The van der Waals surface area contributed by atoms with E-state index in [0.717, 1.165) is 12.1 Å². The van der Waals surface area contributed by atoms with Crippen LogP contribution in [0.15, 0.2) is 36.4 Å². The summed E-state index contributed by atoms with van der Waals surface area (Å²) in [4.78, 5) is 10.7. The second-order valence-electron chi connectivity index (χ2n) is 3.92. The van der Waals surface area contributed by atoms with Crippen LogP contribution in [-0.2, 0) is 17.4 Å². The quantitative estimate of drug-likeness (QED) is 0.890. The molecule has 94 valence electrons. The molecule has 5 heteroatoms. The topological polar surface area (TPSA) is 37.3 Å². The maximum Gasteiger partial charge on any atom is 0.416 e. The number of carboxylic acids is 1. The van der Waals surface area contributed by atoms with Gasteiger partial charge in [0, 0.05) is 0 Å². The Balaban J connectivity index is 2.68. The van der Waals surface area contributed by atoms with Gasteiger partial charge in [0.25, 0.3) is 0 Å². The Hall–Kier alpha value is -2.04. The van der Waals surface area contributed by atoms with Crippen molar-refractivity contribution >= 4 is 16.7 Å². The third-order valence-corrected chi connectivity index (χ3v) is 2.62. The maximum absolute atomic E-state index is 12.7. The zero-order valence-electron chi connectivity index (χ0n) is 9.16. The molecule has 0 aliphatic carbocycles. The van der Waals surface area contributed by atoms with Crippen molar-refractivity contribution < 1.29 is 23.1 Å². The zero-order chi connectivity index (χ0) is 13.3. The van der Waals surface area contributed by atoms with E-state index in [0.29, 0.717) is 10.8 Å². The summed E-state index contributed by atoms with van der Waals surface area (Å²) >= 11 is 0. The van der Waals surface area contributed by atoms with Gasteiger partial charge in [-0.15, -0.1) is 0 Å². The molecule has 0 heterocycles. The molecule has 0 radical (unpaired) electrons. The third-order valence-electron chi connectivity index (χ3n) is 2.62. The summed E-state index contributed by atoms with van der Waals surface area (Å²) in [6, 6.07) is 8.37. The highest BCUT2D eigenvalue weighted by Crippen LogP contribution is 2.33. The molecular weight excluding hydrogens is 245 g/mol. The molecule has 2 nitrogen and oxygen atoms in total. The van der Waals surface area contributed by atoms with Gasteiger partial charge in [0.05, 0.1) is 12.0 Å². The van der Waals surface area contributed by atoms with E-state index in [-0.39, 0.29) is 5.56 Å². The van der Waals surface area contributed by atoms with Gasteiger partial charge < -0.3 is 5.11 Å². The molecular formula is C13H9F3O2. The molecule has 0 saturated carbocycles. The first-order valence-electron chi connectivity index (χ1n) is 5.18. The Labute approximate surface area is 101 Å². The lowest BCUT2D eigenvalue weighted by molar-refractivity contribution is -0.138. The van der Waals surface area contributed by atoms with Crippen molar-refractivity contribution in [2.24, 2.45) is 0 Å². The van der Waals surface area contributed by atoms with Crippen LogP contribution in [0.5, 0.6) is 0 Å². The van der Waals surface area contributed by atoms with Gasteiger partial charge >= 0.3 is 12.1 Å². The van der Waals surface area contributed by atoms with Crippen molar-refractivity contribution in [3.63, 3.8) is 0 Å². The molecule has 0 aromatic heterocycles. The number of aliphatic carboxylic acids is 1. The molecule has 0 atom stereocenters. The monoisotopic (exact) mass is 254 g/mol. The summed E-state index contributed by atoms with van der Waals surface area (Å²) in [5.74, 6) is -1.15. The summed E-state index contributed by atoms with van der Waals surface area (Å²) in [6.07, 6.45) is -4.90. The molecule has 2 aromatic rings. The normalized spacial score (nSPS) is 11.7. The predicted molar refractivity (Wildman–Crippen MR) is 60.3 cm³/mol. The van der Waals surface area contributed by atoms with Crippen molar-refractivity contribution in [1.29, 1.82) is 0 Å². The van der Waals surface area contributed by atoms with E-state index < -0.39 is 24.1 Å². The van der Waals surface area contributed by atoms with Gasteiger partial charge in [0.1, 0.15) is 0 Å². The molecule has 0 bridgehead atoms. The summed E-state index contributed by atoms with van der Waals surface area (Å²) in [7, 11) is 0. The Morgan fingerprint density at radius 1 is 1.17 bits per heavy atom. The first-order chi connectivity index (χ1) is 8.38. The second-order valence-corrected chi connectivity index (χ2v) is 3.92. The fourth-order valence-electron chi connectivity index (χ4n) is 1.86. The highest BCUT2D eigenvalue weighted by atomic mass is 19.4. The number of carboxylic acid groups (broad SMARTS) is 1. The van der Waals surface area contributed by atoms with Gasteiger partial charge in [-0.3, -0.25) is 4.79 Å². The highest BCUT2D eigenvalue weighted by Gasteiger charge is 2.31. The maximum atomic E-state index is 12.7. The molecule has 2 aromatic carbocycles. The van der Waals surface area contributed by atoms with E-state index >= 15 is 0 Å². The minimum Gasteiger partial charge on any atom is -0.481 e. The van der Waals surface area contributed by atoms with Crippen molar-refractivity contribution in [1.82, 2.24) is 0 Å². The van der Waals surface area contributed by atoms with Crippen LogP contribution in [0.1, 0.15) is 11.1 Å². The van der Waals surface area contributed by atoms with Crippen LogP contribution >= 0.6 is 0 Å². The largest absolute Gasteiger partial charge is 0.481 e. The minimum absolute atomic E-state index is 0.174. The van der Waals surface area contributed by atoms with Crippen LogP contribution < -0.4 is 0 Å². The number of benzene rings is 2. The lowest BCUT2D eigenvalue weighted by Gasteiger charge is -2.11. The number of fused-ring (bicyclic) bond motifs is 1. The predicted octanol–water partition coefficient (Wildman–Crippen LogP) is 3.49. The standard InChI is InChI=1S/C13H9F3O2/c14-13(15,16)10-5-8-3-1-2-4-11(8)9(6-10)7-12(17)18/h1-6H,7H2,(H,17,18). The molecule has 0 amide bonds. The first-order valence-corrected chi connectivity index (χ1v) is 5.18. The van der Waals surface area contributed by atoms with Gasteiger partial charge in [0.15, 0.2) is 0 Å². The van der Waals surface area contributed by atoms with E-state index in [9.17, 15) is 18.0 Å². The van der Waals surface area contributed by atoms with Gasteiger partial charge in [-0.05, 0) is 28.5 Å². The fraction of sp³-hybridized carbons (Fsp3) is 0.154. The first kappa shape index (κ1) is 12.4. The Morgan fingerprint density at radius 3 is 2.44 bits per heavy atom. The van der Waals surface area contributed by atoms with Crippen LogP contribution in [0, 0.1) is 0 Å². The highest BCUT2D eigenvalue weighted by molar-refractivity contribution is 5.89. The fourth-order valence-corrected chi connectivity index (χ4v) is 1.86. The molecule has 0 spiro atoms. The lowest BCUT2D eigenvalue weighted by Crippen LogP contribution is -2.08. The average Bonchev–Trinajstić information content (AvgIpc) is 2.27. The van der Waals surface area contributed by atoms with Crippen LogP contribution in [-0.4, -0.2) is 11.1 Å². The number of carbonyl (C=O) groups is 1. The number of halogens is 3. The second kappa shape index (κ2) is 4.33. The smallest absolute Gasteiger partial charge is 0.416 e. The van der Waals surface area contributed by atoms with Crippen LogP contribution in [0.4, 0.5) is 13.2 Å². The van der Waals surface area contributed by atoms with Crippen LogP contribution in [0.3, 0.4) is 0 Å². The molecule has 0 aliphatic rings. The summed E-state index contributed by atoms with van der Waals surface area (Å²) < 4.78 is 38.1. The van der Waals surface area contributed by atoms with Crippen molar-refractivity contribution in [2.75, 3.05) is 0 Å². The van der Waals surface area contributed by atoms with Gasteiger partial charge in [0.2, 0.25) is 0 Å². The van der Waals surface area contributed by atoms with E-state index in [2.05, 4.69) is 0 Å². The van der Waals surface area contributed by atoms with Gasteiger partial charge in [-0.2, -0.15) is 13.2 Å². The lowest BCUT2D eigenvalue weighted by atomic mass is 9.98. The third kappa shape index (κ3) is 2.45. The molecule has 1 N–H and O–H groups in total. The molecule has 0 fully saturated rings. The van der Waals surface area contributed by atoms with Crippen molar-refractivity contribution in [3.05, 3.63) is 47.5 Å². The summed E-state index contributed by atoms with van der Waals surface area (Å²) in [6.45, 7) is 0.